The number of nitrogens with one attached hydrogen (secondary N) is 2. The maximum Gasteiger partial charge on any atom is 0.274 e. The average Bonchev–Trinajstić information content (AvgIpc) is 3.12. The number of aliphatic hydroxyl groups excluding tert-OH is 1. The van der Waals surface area contributed by atoms with Gasteiger partial charge >= 0.3 is 0 Å². The fraction of sp³-hybridized carbons (Fsp3) is 0.238. The van der Waals surface area contributed by atoms with Crippen LogP contribution in [0.4, 0.5) is 5.82 Å². The molecule has 2 heterocycles. The Balaban J connectivity index is 2.11. The summed E-state index contributed by atoms with van der Waals surface area (Å²) in [6, 6.07) is 8.57. The monoisotopic (exact) mass is 428 g/mol. The molecule has 8 nitrogen and oxygen atoms in total. The van der Waals surface area contributed by atoms with Crippen molar-refractivity contribution in [3.63, 3.8) is 0 Å². The molecule has 1 atom stereocenters. The molecule has 9 heteroatoms. The summed E-state index contributed by atoms with van der Waals surface area (Å²) in [6.45, 7) is 4.82. The molecular weight excluding hydrogens is 408 g/mol. The highest BCUT2D eigenvalue weighted by Gasteiger charge is 2.24. The summed E-state index contributed by atoms with van der Waals surface area (Å²) in [5, 5.41) is 15.1. The van der Waals surface area contributed by atoms with Gasteiger partial charge in [0.25, 0.3) is 5.91 Å². The molecule has 0 spiro atoms. The third-order valence-corrected chi connectivity index (χ3v) is 4.49. The SMILES string of the molecule is CC(=O)Nc1cc(-c2nc(C(=O)NCC(C)O)c(-c3ccccc3Cl)o2)c(C)cn1. The molecule has 1 aromatic carbocycles. The van der Waals surface area contributed by atoms with Gasteiger partial charge in [-0.25, -0.2) is 9.97 Å². The summed E-state index contributed by atoms with van der Waals surface area (Å²) in [5.74, 6) is -0.0513. The first-order chi connectivity index (χ1) is 14.3. The van der Waals surface area contributed by atoms with Crippen LogP contribution in [0, 0.1) is 6.92 Å². The highest BCUT2D eigenvalue weighted by Crippen LogP contribution is 2.35. The third kappa shape index (κ3) is 4.84. The Morgan fingerprint density at radius 3 is 2.67 bits per heavy atom. The van der Waals surface area contributed by atoms with Crippen LogP contribution in [0.25, 0.3) is 22.8 Å². The van der Waals surface area contributed by atoms with Crippen LogP contribution in [0.15, 0.2) is 40.9 Å². The van der Waals surface area contributed by atoms with E-state index in [1.807, 2.05) is 6.92 Å². The number of pyridine rings is 1. The summed E-state index contributed by atoms with van der Waals surface area (Å²) in [7, 11) is 0. The van der Waals surface area contributed by atoms with Gasteiger partial charge in [-0.2, -0.15) is 0 Å². The van der Waals surface area contributed by atoms with Crippen molar-refractivity contribution < 1.29 is 19.1 Å². The van der Waals surface area contributed by atoms with E-state index in [1.54, 1.807) is 43.5 Å². The number of nitrogens with zero attached hydrogens (tertiary/aromatic N) is 2. The minimum atomic E-state index is -0.716. The largest absolute Gasteiger partial charge is 0.435 e. The Labute approximate surface area is 178 Å². The third-order valence-electron chi connectivity index (χ3n) is 4.16. The second kappa shape index (κ2) is 9.06. The quantitative estimate of drug-likeness (QED) is 0.553. The molecule has 2 amide bonds. The molecule has 0 aliphatic carbocycles. The average molecular weight is 429 g/mol. The van der Waals surface area contributed by atoms with Crippen LogP contribution in [0.1, 0.15) is 29.9 Å². The van der Waals surface area contributed by atoms with Crippen molar-refractivity contribution in [2.75, 3.05) is 11.9 Å². The lowest BCUT2D eigenvalue weighted by Crippen LogP contribution is -2.31. The smallest absolute Gasteiger partial charge is 0.274 e. The molecule has 3 rings (SSSR count). The standard InChI is InChI=1S/C21H21ClN4O4/c1-11-9-23-17(25-13(3)28)8-15(11)21-26-18(20(29)24-10-12(2)27)19(30-21)14-6-4-5-7-16(14)22/h4-9,12,27H,10H2,1-3H3,(H,24,29)(H,23,25,28). The molecule has 0 aliphatic heterocycles. The summed E-state index contributed by atoms with van der Waals surface area (Å²) in [4.78, 5) is 32.7. The van der Waals surface area contributed by atoms with Crippen molar-refractivity contribution in [3.05, 3.63) is 52.8 Å². The number of amides is 2. The Morgan fingerprint density at radius 2 is 2.00 bits per heavy atom. The number of aromatic nitrogens is 2. The molecule has 0 radical (unpaired) electrons. The highest BCUT2D eigenvalue weighted by atomic mass is 35.5. The number of oxazole rings is 1. The Morgan fingerprint density at radius 1 is 1.27 bits per heavy atom. The van der Waals surface area contributed by atoms with E-state index in [0.717, 1.165) is 5.56 Å². The first kappa shape index (κ1) is 21.5. The van der Waals surface area contributed by atoms with Crippen molar-refractivity contribution in [2.45, 2.75) is 26.9 Å². The Bertz CT molecular complexity index is 1090. The number of rotatable bonds is 6. The Hall–Kier alpha value is -3.23. The minimum Gasteiger partial charge on any atom is -0.435 e. The van der Waals surface area contributed by atoms with Crippen molar-refractivity contribution in [2.24, 2.45) is 0 Å². The zero-order chi connectivity index (χ0) is 21.8. The molecule has 0 saturated heterocycles. The van der Waals surface area contributed by atoms with Gasteiger partial charge in [0, 0.05) is 30.8 Å². The van der Waals surface area contributed by atoms with Crippen LogP contribution < -0.4 is 10.6 Å². The summed E-state index contributed by atoms with van der Waals surface area (Å²) < 4.78 is 5.98. The van der Waals surface area contributed by atoms with Gasteiger partial charge in [0.1, 0.15) is 5.82 Å². The number of carbonyl (C=O) groups is 2. The van der Waals surface area contributed by atoms with Crippen LogP contribution in [-0.4, -0.2) is 39.5 Å². The maximum absolute atomic E-state index is 12.7. The van der Waals surface area contributed by atoms with Crippen LogP contribution in [0.3, 0.4) is 0 Å². The van der Waals surface area contributed by atoms with Crippen LogP contribution >= 0.6 is 11.6 Å². The molecule has 3 aromatic rings. The normalized spacial score (nSPS) is 11.8. The van der Waals surface area contributed by atoms with Crippen molar-refractivity contribution in [1.82, 2.24) is 15.3 Å². The summed E-state index contributed by atoms with van der Waals surface area (Å²) >= 11 is 6.32. The highest BCUT2D eigenvalue weighted by molar-refractivity contribution is 6.33. The topological polar surface area (TPSA) is 117 Å². The van der Waals surface area contributed by atoms with Gasteiger partial charge in [0.15, 0.2) is 11.5 Å². The molecule has 3 N–H and O–H groups in total. The van der Waals surface area contributed by atoms with Gasteiger partial charge in [0.2, 0.25) is 11.8 Å². The minimum absolute atomic E-state index is 0.0380. The second-order valence-corrected chi connectivity index (χ2v) is 7.21. The predicted molar refractivity (Wildman–Crippen MR) is 113 cm³/mol. The van der Waals surface area contributed by atoms with Gasteiger partial charge in [-0.3, -0.25) is 9.59 Å². The van der Waals surface area contributed by atoms with Gasteiger partial charge in [-0.15, -0.1) is 0 Å². The van der Waals surface area contributed by atoms with Gasteiger partial charge in [-0.05, 0) is 37.6 Å². The molecular formula is C21H21ClN4O4. The fourth-order valence-corrected chi connectivity index (χ4v) is 2.97. The molecule has 30 heavy (non-hydrogen) atoms. The first-order valence-electron chi connectivity index (χ1n) is 9.23. The van der Waals surface area contributed by atoms with E-state index in [2.05, 4.69) is 20.6 Å². The van der Waals surface area contributed by atoms with Crippen molar-refractivity contribution in [3.8, 4) is 22.8 Å². The van der Waals surface area contributed by atoms with Crippen LogP contribution in [-0.2, 0) is 4.79 Å². The summed E-state index contributed by atoms with van der Waals surface area (Å²) in [5.41, 5.74) is 1.86. The molecule has 0 saturated carbocycles. The van der Waals surface area contributed by atoms with Gasteiger partial charge in [0.05, 0.1) is 11.1 Å². The van der Waals surface area contributed by atoms with E-state index in [9.17, 15) is 14.7 Å². The number of carbonyl (C=O) groups excluding carboxylic acids is 2. The van der Waals surface area contributed by atoms with Crippen molar-refractivity contribution in [1.29, 1.82) is 0 Å². The van der Waals surface area contributed by atoms with Gasteiger partial charge in [-0.1, -0.05) is 23.7 Å². The predicted octanol–water partition coefficient (Wildman–Crippen LogP) is 3.43. The van der Waals surface area contributed by atoms with E-state index in [-0.39, 0.29) is 29.8 Å². The number of halogens is 1. The van der Waals surface area contributed by atoms with E-state index < -0.39 is 12.0 Å². The summed E-state index contributed by atoms with van der Waals surface area (Å²) in [6.07, 6.45) is 0.861. The second-order valence-electron chi connectivity index (χ2n) is 6.80. The lowest BCUT2D eigenvalue weighted by molar-refractivity contribution is -0.114. The number of hydrogen-bond donors (Lipinski definition) is 3. The molecule has 2 aromatic heterocycles. The molecule has 0 fully saturated rings. The van der Waals surface area contributed by atoms with Crippen LogP contribution in [0.2, 0.25) is 5.02 Å². The molecule has 156 valence electrons. The molecule has 1 unspecified atom stereocenters. The van der Waals surface area contributed by atoms with Gasteiger partial charge < -0.3 is 20.2 Å². The number of anilines is 1. The maximum atomic E-state index is 12.7. The fourth-order valence-electron chi connectivity index (χ4n) is 2.74. The van der Waals surface area contributed by atoms with E-state index >= 15 is 0 Å². The number of benzene rings is 1. The van der Waals surface area contributed by atoms with E-state index in [0.29, 0.717) is 22.0 Å². The molecule has 0 bridgehead atoms. The Kier molecular flexibility index (Phi) is 6.49. The molecule has 0 aliphatic rings. The number of aliphatic hydroxyl groups is 1. The lowest BCUT2D eigenvalue weighted by atomic mass is 10.1. The van der Waals surface area contributed by atoms with E-state index in [4.69, 9.17) is 16.0 Å². The lowest BCUT2D eigenvalue weighted by Gasteiger charge is -2.06. The van der Waals surface area contributed by atoms with E-state index in [1.165, 1.54) is 6.92 Å². The first-order valence-corrected chi connectivity index (χ1v) is 9.60. The van der Waals surface area contributed by atoms with Crippen molar-refractivity contribution >= 4 is 29.2 Å². The zero-order valence-corrected chi connectivity index (χ0v) is 17.4. The van der Waals surface area contributed by atoms with Crippen LogP contribution in [0.5, 0.6) is 0 Å². The zero-order valence-electron chi connectivity index (χ0n) is 16.7. The number of hydrogen-bond acceptors (Lipinski definition) is 6. The number of aryl methyl sites for hydroxylation is 1.